The van der Waals surface area contributed by atoms with Crippen LogP contribution in [0, 0.1) is 6.92 Å². The number of nitrogens with one attached hydrogen (secondary N) is 2. The summed E-state index contributed by atoms with van der Waals surface area (Å²) in [5, 5.41) is 5.95. The van der Waals surface area contributed by atoms with Crippen LogP contribution < -0.4 is 10.6 Å². The van der Waals surface area contributed by atoms with E-state index in [1.54, 1.807) is 0 Å². The molecule has 1 heterocycles. The van der Waals surface area contributed by atoms with Crippen LogP contribution in [0.1, 0.15) is 12.0 Å². The van der Waals surface area contributed by atoms with Gasteiger partial charge in [0.1, 0.15) is 0 Å². The SMILES string of the molecule is Cc1cccc(NC(=O)[C@@H]2CCN2)c1. The van der Waals surface area contributed by atoms with Gasteiger partial charge in [-0.05, 0) is 37.6 Å². The Kier molecular flexibility index (Phi) is 2.50. The molecule has 3 nitrogen and oxygen atoms in total. The van der Waals surface area contributed by atoms with E-state index in [-0.39, 0.29) is 11.9 Å². The van der Waals surface area contributed by atoms with Gasteiger partial charge in [-0.2, -0.15) is 0 Å². The Hall–Kier alpha value is -1.35. The molecule has 1 saturated heterocycles. The lowest BCUT2D eigenvalue weighted by Gasteiger charge is -2.26. The number of hydrogen-bond acceptors (Lipinski definition) is 2. The molecule has 0 spiro atoms. The fourth-order valence-electron chi connectivity index (χ4n) is 1.46. The molecule has 2 rings (SSSR count). The molecule has 1 atom stereocenters. The highest BCUT2D eigenvalue weighted by Gasteiger charge is 2.24. The molecule has 0 radical (unpaired) electrons. The maximum absolute atomic E-state index is 11.5. The van der Waals surface area contributed by atoms with Crippen molar-refractivity contribution < 1.29 is 4.79 Å². The molecule has 1 aliphatic heterocycles. The standard InChI is InChI=1S/C11H14N2O/c1-8-3-2-4-9(7-8)13-11(14)10-5-6-12-10/h2-4,7,10,12H,5-6H2,1H3,(H,13,14)/t10-/m0/s1. The first-order valence-corrected chi connectivity index (χ1v) is 4.86. The molecule has 1 aromatic carbocycles. The minimum Gasteiger partial charge on any atom is -0.325 e. The summed E-state index contributed by atoms with van der Waals surface area (Å²) in [6, 6.07) is 7.84. The zero-order chi connectivity index (χ0) is 9.97. The number of anilines is 1. The van der Waals surface area contributed by atoms with Gasteiger partial charge >= 0.3 is 0 Å². The van der Waals surface area contributed by atoms with Crippen LogP contribution in [-0.4, -0.2) is 18.5 Å². The van der Waals surface area contributed by atoms with E-state index in [4.69, 9.17) is 0 Å². The lowest BCUT2D eigenvalue weighted by Crippen LogP contribution is -2.50. The zero-order valence-electron chi connectivity index (χ0n) is 8.21. The molecule has 1 aromatic rings. The molecule has 74 valence electrons. The van der Waals surface area contributed by atoms with E-state index in [1.807, 2.05) is 31.2 Å². The Balaban J connectivity index is 1.99. The number of rotatable bonds is 2. The molecular weight excluding hydrogens is 176 g/mol. The molecular formula is C11H14N2O. The summed E-state index contributed by atoms with van der Waals surface area (Å²) in [5.41, 5.74) is 2.04. The van der Waals surface area contributed by atoms with Crippen molar-refractivity contribution in [3.63, 3.8) is 0 Å². The highest BCUT2D eigenvalue weighted by Crippen LogP contribution is 2.11. The van der Waals surface area contributed by atoms with Gasteiger partial charge in [-0.25, -0.2) is 0 Å². The van der Waals surface area contributed by atoms with Gasteiger partial charge in [-0.1, -0.05) is 12.1 Å². The van der Waals surface area contributed by atoms with Crippen LogP contribution in [0.4, 0.5) is 5.69 Å². The highest BCUT2D eigenvalue weighted by molar-refractivity contribution is 5.95. The predicted molar refractivity (Wildman–Crippen MR) is 56.2 cm³/mol. The van der Waals surface area contributed by atoms with E-state index >= 15 is 0 Å². The van der Waals surface area contributed by atoms with Crippen LogP contribution in [0.2, 0.25) is 0 Å². The van der Waals surface area contributed by atoms with E-state index in [9.17, 15) is 4.79 Å². The van der Waals surface area contributed by atoms with Gasteiger partial charge in [0.15, 0.2) is 0 Å². The predicted octanol–water partition coefficient (Wildman–Crippen LogP) is 1.30. The second-order valence-corrected chi connectivity index (χ2v) is 3.65. The molecule has 14 heavy (non-hydrogen) atoms. The van der Waals surface area contributed by atoms with E-state index in [2.05, 4.69) is 10.6 Å². The first-order valence-electron chi connectivity index (χ1n) is 4.86. The van der Waals surface area contributed by atoms with Crippen molar-refractivity contribution in [2.24, 2.45) is 0 Å². The quantitative estimate of drug-likeness (QED) is 0.738. The monoisotopic (exact) mass is 190 g/mol. The number of carbonyl (C=O) groups is 1. The maximum atomic E-state index is 11.5. The Morgan fingerprint density at radius 3 is 2.93 bits per heavy atom. The van der Waals surface area contributed by atoms with Crippen LogP contribution in [0.3, 0.4) is 0 Å². The molecule has 0 saturated carbocycles. The Labute approximate surface area is 83.5 Å². The number of benzene rings is 1. The van der Waals surface area contributed by atoms with E-state index in [1.165, 1.54) is 0 Å². The third-order valence-corrected chi connectivity index (χ3v) is 2.43. The molecule has 3 heteroatoms. The number of carbonyl (C=O) groups excluding carboxylic acids is 1. The summed E-state index contributed by atoms with van der Waals surface area (Å²) < 4.78 is 0. The van der Waals surface area contributed by atoms with Gasteiger partial charge in [0, 0.05) is 5.69 Å². The molecule has 0 aromatic heterocycles. The van der Waals surface area contributed by atoms with E-state index < -0.39 is 0 Å². The fraction of sp³-hybridized carbons (Fsp3) is 0.364. The first-order chi connectivity index (χ1) is 6.75. The number of aryl methyl sites for hydroxylation is 1. The van der Waals surface area contributed by atoms with Crippen LogP contribution in [0.15, 0.2) is 24.3 Å². The second kappa shape index (κ2) is 3.80. The van der Waals surface area contributed by atoms with Gasteiger partial charge in [-0.15, -0.1) is 0 Å². The first kappa shape index (κ1) is 9.21. The average molecular weight is 190 g/mol. The number of hydrogen-bond donors (Lipinski definition) is 2. The molecule has 1 aliphatic rings. The second-order valence-electron chi connectivity index (χ2n) is 3.65. The number of amides is 1. The lowest BCUT2D eigenvalue weighted by atomic mass is 10.1. The minimum absolute atomic E-state index is 0.00973. The van der Waals surface area contributed by atoms with Crippen molar-refractivity contribution >= 4 is 11.6 Å². The van der Waals surface area contributed by atoms with Crippen molar-refractivity contribution in [2.75, 3.05) is 11.9 Å². The zero-order valence-corrected chi connectivity index (χ0v) is 8.21. The average Bonchev–Trinajstić information content (AvgIpc) is 1.99. The van der Waals surface area contributed by atoms with Crippen molar-refractivity contribution in [1.82, 2.24) is 5.32 Å². The summed E-state index contributed by atoms with van der Waals surface area (Å²) >= 11 is 0. The molecule has 1 amide bonds. The van der Waals surface area contributed by atoms with Crippen molar-refractivity contribution in [2.45, 2.75) is 19.4 Å². The summed E-state index contributed by atoms with van der Waals surface area (Å²) in [5.74, 6) is 0.0712. The van der Waals surface area contributed by atoms with Gasteiger partial charge < -0.3 is 10.6 Å². The smallest absolute Gasteiger partial charge is 0.241 e. The van der Waals surface area contributed by atoms with Crippen LogP contribution in [0.5, 0.6) is 0 Å². The maximum Gasteiger partial charge on any atom is 0.241 e. The largest absolute Gasteiger partial charge is 0.325 e. The third kappa shape index (κ3) is 1.93. The minimum atomic E-state index is 0.00973. The third-order valence-electron chi connectivity index (χ3n) is 2.43. The molecule has 1 fully saturated rings. The van der Waals surface area contributed by atoms with E-state index in [0.29, 0.717) is 0 Å². The fourth-order valence-corrected chi connectivity index (χ4v) is 1.46. The van der Waals surface area contributed by atoms with E-state index in [0.717, 1.165) is 24.2 Å². The van der Waals surface area contributed by atoms with Gasteiger partial charge in [0.2, 0.25) is 5.91 Å². The van der Waals surface area contributed by atoms with Crippen LogP contribution >= 0.6 is 0 Å². The van der Waals surface area contributed by atoms with Gasteiger partial charge in [0.25, 0.3) is 0 Å². The molecule has 2 N–H and O–H groups in total. The topological polar surface area (TPSA) is 41.1 Å². The summed E-state index contributed by atoms with van der Waals surface area (Å²) in [6.07, 6.45) is 0.942. The highest BCUT2D eigenvalue weighted by atomic mass is 16.2. The summed E-state index contributed by atoms with van der Waals surface area (Å²) in [6.45, 7) is 2.96. The molecule has 0 unspecified atom stereocenters. The molecule has 0 bridgehead atoms. The molecule has 0 aliphatic carbocycles. The lowest BCUT2D eigenvalue weighted by molar-refractivity contribution is -0.119. The van der Waals surface area contributed by atoms with Crippen molar-refractivity contribution in [3.05, 3.63) is 29.8 Å². The van der Waals surface area contributed by atoms with Crippen molar-refractivity contribution in [3.8, 4) is 0 Å². The van der Waals surface area contributed by atoms with Gasteiger partial charge in [0.05, 0.1) is 6.04 Å². The Morgan fingerprint density at radius 1 is 1.57 bits per heavy atom. The summed E-state index contributed by atoms with van der Waals surface area (Å²) in [7, 11) is 0. The van der Waals surface area contributed by atoms with Crippen LogP contribution in [0.25, 0.3) is 0 Å². The van der Waals surface area contributed by atoms with Crippen molar-refractivity contribution in [1.29, 1.82) is 0 Å². The Bertz CT molecular complexity index is 345. The Morgan fingerprint density at radius 2 is 2.36 bits per heavy atom. The summed E-state index contributed by atoms with van der Waals surface area (Å²) in [4.78, 5) is 11.5. The normalized spacial score (nSPS) is 19.9. The van der Waals surface area contributed by atoms with Crippen LogP contribution in [-0.2, 0) is 4.79 Å². The van der Waals surface area contributed by atoms with Gasteiger partial charge in [-0.3, -0.25) is 4.79 Å².